The maximum absolute atomic E-state index is 11.0. The van der Waals surface area contributed by atoms with Gasteiger partial charge in [0.1, 0.15) is 6.29 Å². The van der Waals surface area contributed by atoms with E-state index in [1.807, 2.05) is 0 Å². The minimum Gasteiger partial charge on any atom is -0.303 e. The molecule has 0 spiro atoms. The fraction of sp³-hybridized carbons (Fsp3) is 0.917. The van der Waals surface area contributed by atoms with E-state index in [4.69, 9.17) is 0 Å². The summed E-state index contributed by atoms with van der Waals surface area (Å²) < 4.78 is 0. The van der Waals surface area contributed by atoms with Crippen molar-refractivity contribution < 1.29 is 4.79 Å². The maximum Gasteiger partial charge on any atom is 0.126 e. The van der Waals surface area contributed by atoms with Gasteiger partial charge in [0.25, 0.3) is 0 Å². The molecule has 1 aliphatic carbocycles. The van der Waals surface area contributed by atoms with Gasteiger partial charge in [-0.3, -0.25) is 0 Å². The summed E-state index contributed by atoms with van der Waals surface area (Å²) in [5.41, 5.74) is 0.401. The predicted molar refractivity (Wildman–Crippen MR) is 55.6 cm³/mol. The van der Waals surface area contributed by atoms with Gasteiger partial charge in [-0.25, -0.2) is 0 Å². The Balaban J connectivity index is 2.52. The first kappa shape index (κ1) is 10.7. The van der Waals surface area contributed by atoms with Gasteiger partial charge in [-0.05, 0) is 30.6 Å². The van der Waals surface area contributed by atoms with Crippen molar-refractivity contribution in [1.29, 1.82) is 0 Å². The van der Waals surface area contributed by atoms with Crippen LogP contribution in [0.25, 0.3) is 0 Å². The first-order chi connectivity index (χ1) is 5.90. The second-order valence-corrected chi connectivity index (χ2v) is 5.80. The summed E-state index contributed by atoms with van der Waals surface area (Å²) >= 11 is 0. The largest absolute Gasteiger partial charge is 0.303 e. The van der Waals surface area contributed by atoms with E-state index in [1.165, 1.54) is 12.7 Å². The molecular formula is C12H22O. The van der Waals surface area contributed by atoms with E-state index in [9.17, 15) is 4.79 Å². The molecule has 1 fully saturated rings. The molecule has 0 aliphatic heterocycles. The Labute approximate surface area is 81.9 Å². The van der Waals surface area contributed by atoms with E-state index in [0.717, 1.165) is 19.3 Å². The van der Waals surface area contributed by atoms with Crippen LogP contribution in [0.4, 0.5) is 0 Å². The summed E-state index contributed by atoms with van der Waals surface area (Å²) in [6.45, 7) is 9.04. The maximum atomic E-state index is 11.0. The Kier molecular flexibility index (Phi) is 2.84. The zero-order chi connectivity index (χ0) is 10.1. The van der Waals surface area contributed by atoms with Crippen LogP contribution in [-0.2, 0) is 4.79 Å². The number of hydrogen-bond donors (Lipinski definition) is 0. The highest BCUT2D eigenvalue weighted by molar-refractivity contribution is 5.60. The lowest BCUT2D eigenvalue weighted by atomic mass is 9.62. The van der Waals surface area contributed by atoms with Gasteiger partial charge in [-0.1, -0.05) is 34.1 Å². The van der Waals surface area contributed by atoms with Crippen molar-refractivity contribution >= 4 is 6.29 Å². The number of hydrogen-bond acceptors (Lipinski definition) is 1. The van der Waals surface area contributed by atoms with Crippen molar-refractivity contribution in [3.63, 3.8) is 0 Å². The van der Waals surface area contributed by atoms with E-state index in [1.54, 1.807) is 0 Å². The Morgan fingerprint density at radius 1 is 1.38 bits per heavy atom. The highest BCUT2D eigenvalue weighted by atomic mass is 16.1. The fourth-order valence-electron chi connectivity index (χ4n) is 1.92. The fourth-order valence-corrected chi connectivity index (χ4v) is 1.92. The van der Waals surface area contributed by atoms with Crippen LogP contribution < -0.4 is 0 Å². The van der Waals surface area contributed by atoms with Gasteiger partial charge in [-0.2, -0.15) is 0 Å². The van der Waals surface area contributed by atoms with Gasteiger partial charge >= 0.3 is 0 Å². The number of carbonyl (C=O) groups excluding carboxylic acids is 1. The minimum atomic E-state index is 0.0622. The van der Waals surface area contributed by atoms with Gasteiger partial charge in [-0.15, -0.1) is 0 Å². The van der Waals surface area contributed by atoms with Gasteiger partial charge in [0.2, 0.25) is 0 Å². The molecule has 0 aromatic heterocycles. The monoisotopic (exact) mass is 182 g/mol. The first-order valence-electron chi connectivity index (χ1n) is 5.36. The minimum absolute atomic E-state index is 0.0622. The Bertz CT molecular complexity index is 184. The van der Waals surface area contributed by atoms with Crippen LogP contribution in [-0.4, -0.2) is 6.29 Å². The molecule has 1 aliphatic rings. The third kappa shape index (κ3) is 2.32. The molecule has 13 heavy (non-hydrogen) atoms. The van der Waals surface area contributed by atoms with E-state index >= 15 is 0 Å². The standard InChI is InChI=1S/C12H22O/c1-10(11(2,3)4)8-12(9-13)6-5-7-12/h9-10H,5-8H2,1-4H3. The van der Waals surface area contributed by atoms with Gasteiger partial charge in [0, 0.05) is 5.41 Å². The Morgan fingerprint density at radius 2 is 1.92 bits per heavy atom. The molecule has 1 unspecified atom stereocenters. The third-order valence-electron chi connectivity index (χ3n) is 3.79. The highest BCUT2D eigenvalue weighted by Gasteiger charge is 2.39. The van der Waals surface area contributed by atoms with Crippen molar-refractivity contribution in [2.75, 3.05) is 0 Å². The van der Waals surface area contributed by atoms with Gasteiger partial charge in [0.15, 0.2) is 0 Å². The average Bonchev–Trinajstić information content (AvgIpc) is 1.94. The van der Waals surface area contributed by atoms with Crippen LogP contribution in [0.3, 0.4) is 0 Å². The summed E-state index contributed by atoms with van der Waals surface area (Å²) in [6.07, 6.45) is 5.78. The zero-order valence-electron chi connectivity index (χ0n) is 9.39. The van der Waals surface area contributed by atoms with Crippen molar-refractivity contribution in [2.45, 2.75) is 53.4 Å². The van der Waals surface area contributed by atoms with Crippen molar-refractivity contribution in [3.8, 4) is 0 Å². The zero-order valence-corrected chi connectivity index (χ0v) is 9.39. The normalized spacial score (nSPS) is 23.4. The summed E-state index contributed by atoms with van der Waals surface area (Å²) in [7, 11) is 0. The molecule has 76 valence electrons. The van der Waals surface area contributed by atoms with E-state index in [0.29, 0.717) is 11.3 Å². The quantitative estimate of drug-likeness (QED) is 0.611. The van der Waals surface area contributed by atoms with Gasteiger partial charge in [0.05, 0.1) is 0 Å². The molecule has 0 amide bonds. The second kappa shape index (κ2) is 3.43. The van der Waals surface area contributed by atoms with E-state index in [-0.39, 0.29) is 5.41 Å². The molecule has 0 aromatic carbocycles. The Morgan fingerprint density at radius 3 is 2.15 bits per heavy atom. The lowest BCUT2D eigenvalue weighted by Crippen LogP contribution is -2.35. The number of aldehydes is 1. The second-order valence-electron chi connectivity index (χ2n) is 5.80. The van der Waals surface area contributed by atoms with Crippen molar-refractivity contribution in [2.24, 2.45) is 16.7 Å². The number of rotatable bonds is 3. The molecule has 0 radical (unpaired) electrons. The molecule has 0 bridgehead atoms. The molecule has 1 saturated carbocycles. The van der Waals surface area contributed by atoms with E-state index in [2.05, 4.69) is 27.7 Å². The summed E-state index contributed by atoms with van der Waals surface area (Å²) in [4.78, 5) is 11.0. The molecular weight excluding hydrogens is 160 g/mol. The number of carbonyl (C=O) groups is 1. The molecule has 0 N–H and O–H groups in total. The lowest BCUT2D eigenvalue weighted by Gasteiger charge is -2.41. The predicted octanol–water partition coefficient (Wildman–Crippen LogP) is 3.43. The highest BCUT2D eigenvalue weighted by Crippen LogP contribution is 2.47. The van der Waals surface area contributed by atoms with Crippen molar-refractivity contribution in [3.05, 3.63) is 0 Å². The topological polar surface area (TPSA) is 17.1 Å². The molecule has 0 saturated heterocycles. The van der Waals surface area contributed by atoms with E-state index < -0.39 is 0 Å². The van der Waals surface area contributed by atoms with Crippen LogP contribution >= 0.6 is 0 Å². The molecule has 1 atom stereocenters. The summed E-state index contributed by atoms with van der Waals surface area (Å²) in [5.74, 6) is 0.637. The molecule has 1 rings (SSSR count). The van der Waals surface area contributed by atoms with Crippen LogP contribution in [0.2, 0.25) is 0 Å². The molecule has 1 heteroatoms. The van der Waals surface area contributed by atoms with Crippen LogP contribution in [0.15, 0.2) is 0 Å². The summed E-state index contributed by atoms with van der Waals surface area (Å²) in [5, 5.41) is 0. The SMILES string of the molecule is CC(CC1(C=O)CCC1)C(C)(C)C. The van der Waals surface area contributed by atoms with Gasteiger partial charge < -0.3 is 4.79 Å². The molecule has 1 nitrogen and oxygen atoms in total. The molecule has 0 aromatic rings. The van der Waals surface area contributed by atoms with Crippen molar-refractivity contribution in [1.82, 2.24) is 0 Å². The first-order valence-corrected chi connectivity index (χ1v) is 5.36. The lowest BCUT2D eigenvalue weighted by molar-refractivity contribution is -0.122. The smallest absolute Gasteiger partial charge is 0.126 e. The molecule has 0 heterocycles. The Hall–Kier alpha value is -0.330. The third-order valence-corrected chi connectivity index (χ3v) is 3.79. The summed E-state index contributed by atoms with van der Waals surface area (Å²) in [6, 6.07) is 0. The average molecular weight is 182 g/mol. The van der Waals surface area contributed by atoms with Crippen LogP contribution in [0, 0.1) is 16.7 Å². The van der Waals surface area contributed by atoms with Crippen LogP contribution in [0.5, 0.6) is 0 Å². The van der Waals surface area contributed by atoms with Crippen LogP contribution in [0.1, 0.15) is 53.4 Å².